The first-order valence-electron chi connectivity index (χ1n) is 2.20. The molecule has 0 atom stereocenters. The summed E-state index contributed by atoms with van der Waals surface area (Å²) in [7, 11) is 0. The van der Waals surface area contributed by atoms with Crippen LogP contribution in [0.5, 0.6) is 0 Å². The largest absolute Gasteiger partial charge is 2.00 e. The molecule has 1 rings (SSSR count). The summed E-state index contributed by atoms with van der Waals surface area (Å²) in [5.74, 6) is 0. The van der Waals surface area contributed by atoms with Crippen LogP contribution in [0.3, 0.4) is 0 Å². The van der Waals surface area contributed by atoms with E-state index in [1.54, 1.807) is 0 Å². The molecule has 0 aliphatic carbocycles. The quantitative estimate of drug-likeness (QED) is 0.630. The molecule has 0 aromatic heterocycles. The molecule has 3 heteroatoms. The Morgan fingerprint density at radius 3 is 1.78 bits per heavy atom. The van der Waals surface area contributed by atoms with Crippen LogP contribution >= 0.6 is 31.9 Å². The SMILES string of the molecule is Brc1cccc(Br)c1.[H-].[H-].[Mg+2]. The Hall–Kier alpha value is 0.946. The van der Waals surface area contributed by atoms with E-state index >= 15 is 0 Å². The van der Waals surface area contributed by atoms with E-state index in [1.807, 2.05) is 24.3 Å². The normalized spacial score (nSPS) is 8.22. The summed E-state index contributed by atoms with van der Waals surface area (Å²) in [6.07, 6.45) is 0. The number of benzene rings is 1. The van der Waals surface area contributed by atoms with Crippen LogP contribution in [0, 0.1) is 0 Å². The van der Waals surface area contributed by atoms with Crippen LogP contribution in [-0.4, -0.2) is 23.1 Å². The number of hydrogen-bond donors (Lipinski definition) is 0. The minimum atomic E-state index is 0. The summed E-state index contributed by atoms with van der Waals surface area (Å²) in [5, 5.41) is 0. The molecular formula is C6H6Br2Mg. The van der Waals surface area contributed by atoms with Crippen molar-refractivity contribution < 1.29 is 2.85 Å². The molecule has 0 nitrogen and oxygen atoms in total. The predicted molar refractivity (Wildman–Crippen MR) is 49.8 cm³/mol. The van der Waals surface area contributed by atoms with Gasteiger partial charge >= 0.3 is 23.1 Å². The van der Waals surface area contributed by atoms with Gasteiger partial charge < -0.3 is 2.85 Å². The zero-order chi connectivity index (χ0) is 5.98. The van der Waals surface area contributed by atoms with Gasteiger partial charge in [0.1, 0.15) is 0 Å². The molecule has 0 spiro atoms. The van der Waals surface area contributed by atoms with Gasteiger partial charge in [0.2, 0.25) is 0 Å². The van der Waals surface area contributed by atoms with Gasteiger partial charge in [0.05, 0.1) is 0 Å². The first kappa shape index (κ1) is 9.95. The van der Waals surface area contributed by atoms with Gasteiger partial charge in [0.15, 0.2) is 0 Å². The second-order valence-corrected chi connectivity index (χ2v) is 3.27. The predicted octanol–water partition coefficient (Wildman–Crippen LogP) is 3.06. The van der Waals surface area contributed by atoms with Gasteiger partial charge in [0.25, 0.3) is 0 Å². The van der Waals surface area contributed by atoms with Crippen molar-refractivity contribution >= 4 is 54.9 Å². The molecule has 0 N–H and O–H groups in total. The molecule has 0 aliphatic heterocycles. The van der Waals surface area contributed by atoms with Gasteiger partial charge in [-0.1, -0.05) is 37.9 Å². The molecule has 0 heterocycles. The van der Waals surface area contributed by atoms with Crippen molar-refractivity contribution in [3.8, 4) is 0 Å². The minimum Gasteiger partial charge on any atom is -1.00 e. The Bertz CT molecular complexity index is 178. The molecule has 46 valence electrons. The van der Waals surface area contributed by atoms with E-state index in [0.29, 0.717) is 0 Å². The Balaban J connectivity index is -0.000000213. The van der Waals surface area contributed by atoms with Crippen molar-refractivity contribution in [3.05, 3.63) is 33.2 Å². The van der Waals surface area contributed by atoms with Crippen molar-refractivity contribution in [3.63, 3.8) is 0 Å². The summed E-state index contributed by atoms with van der Waals surface area (Å²) < 4.78 is 2.21. The molecule has 0 saturated heterocycles. The fourth-order valence-corrected chi connectivity index (χ4v) is 1.57. The third-order valence-corrected chi connectivity index (χ3v) is 1.77. The maximum absolute atomic E-state index is 3.33. The smallest absolute Gasteiger partial charge is 1.00 e. The molecule has 0 saturated carbocycles. The minimum absolute atomic E-state index is 0. The van der Waals surface area contributed by atoms with Crippen molar-refractivity contribution in [2.75, 3.05) is 0 Å². The number of halogens is 2. The van der Waals surface area contributed by atoms with Gasteiger partial charge in [-0.2, -0.15) is 0 Å². The molecule has 0 aliphatic rings. The molecule has 0 bridgehead atoms. The summed E-state index contributed by atoms with van der Waals surface area (Å²) in [4.78, 5) is 0. The Labute approximate surface area is 90.4 Å². The summed E-state index contributed by atoms with van der Waals surface area (Å²) >= 11 is 6.66. The van der Waals surface area contributed by atoms with Crippen molar-refractivity contribution in [2.24, 2.45) is 0 Å². The van der Waals surface area contributed by atoms with Gasteiger partial charge in [-0.15, -0.1) is 0 Å². The van der Waals surface area contributed by atoms with Crippen molar-refractivity contribution in [2.45, 2.75) is 0 Å². The second-order valence-electron chi connectivity index (χ2n) is 1.44. The third kappa shape index (κ3) is 3.60. The van der Waals surface area contributed by atoms with Crippen LogP contribution in [0.2, 0.25) is 0 Å². The summed E-state index contributed by atoms with van der Waals surface area (Å²) in [6.45, 7) is 0. The fraction of sp³-hybridized carbons (Fsp3) is 0. The molecule has 0 radical (unpaired) electrons. The van der Waals surface area contributed by atoms with Gasteiger partial charge in [-0.3, -0.25) is 0 Å². The van der Waals surface area contributed by atoms with E-state index in [0.717, 1.165) is 8.95 Å². The third-order valence-electron chi connectivity index (χ3n) is 0.787. The Morgan fingerprint density at radius 1 is 1.11 bits per heavy atom. The molecule has 0 amide bonds. The second kappa shape index (κ2) is 4.71. The molecule has 1 aromatic carbocycles. The monoisotopic (exact) mass is 260 g/mol. The molecule has 0 unspecified atom stereocenters. The first-order valence-corrected chi connectivity index (χ1v) is 3.79. The standard InChI is InChI=1S/C6H4Br2.Mg.2H/c7-5-2-1-3-6(8)4-5;;;/h1-4H;;;/q;+2;2*-1. The van der Waals surface area contributed by atoms with Crippen LogP contribution < -0.4 is 0 Å². The topological polar surface area (TPSA) is 0 Å². The van der Waals surface area contributed by atoms with E-state index in [9.17, 15) is 0 Å². The zero-order valence-electron chi connectivity index (χ0n) is 6.77. The van der Waals surface area contributed by atoms with Gasteiger partial charge in [-0.25, -0.2) is 0 Å². The maximum atomic E-state index is 3.33. The van der Waals surface area contributed by atoms with Crippen molar-refractivity contribution in [1.82, 2.24) is 0 Å². The van der Waals surface area contributed by atoms with E-state index in [4.69, 9.17) is 0 Å². The van der Waals surface area contributed by atoms with Gasteiger partial charge in [-0.05, 0) is 18.2 Å². The Morgan fingerprint density at radius 2 is 1.56 bits per heavy atom. The van der Waals surface area contributed by atoms with E-state index in [-0.39, 0.29) is 25.9 Å². The molecule has 1 aromatic rings. The average molecular weight is 262 g/mol. The first-order chi connectivity index (χ1) is 3.79. The van der Waals surface area contributed by atoms with Crippen LogP contribution in [-0.2, 0) is 0 Å². The van der Waals surface area contributed by atoms with E-state index < -0.39 is 0 Å². The van der Waals surface area contributed by atoms with E-state index in [1.165, 1.54) is 0 Å². The maximum Gasteiger partial charge on any atom is 2.00 e. The van der Waals surface area contributed by atoms with Crippen LogP contribution in [0.1, 0.15) is 2.85 Å². The van der Waals surface area contributed by atoms with Crippen molar-refractivity contribution in [1.29, 1.82) is 0 Å². The Kier molecular flexibility index (Phi) is 5.21. The average Bonchev–Trinajstić information content (AvgIpc) is 1.64. The summed E-state index contributed by atoms with van der Waals surface area (Å²) in [6, 6.07) is 7.96. The van der Waals surface area contributed by atoms with E-state index in [2.05, 4.69) is 31.9 Å². The molecular weight excluding hydrogens is 256 g/mol. The number of rotatable bonds is 0. The zero-order valence-corrected chi connectivity index (χ0v) is 9.36. The van der Waals surface area contributed by atoms with Crippen LogP contribution in [0.15, 0.2) is 33.2 Å². The molecule has 0 fully saturated rings. The fourth-order valence-electron chi connectivity index (χ4n) is 0.460. The van der Waals surface area contributed by atoms with Crippen LogP contribution in [0.25, 0.3) is 0 Å². The van der Waals surface area contributed by atoms with Crippen LogP contribution in [0.4, 0.5) is 0 Å². The summed E-state index contributed by atoms with van der Waals surface area (Å²) in [5.41, 5.74) is 0. The molecule has 9 heavy (non-hydrogen) atoms. The van der Waals surface area contributed by atoms with Gasteiger partial charge in [0, 0.05) is 8.95 Å². The number of hydrogen-bond acceptors (Lipinski definition) is 0.